The Labute approximate surface area is 227 Å². The molecule has 0 aliphatic rings. The second kappa shape index (κ2) is 12.5. The van der Waals surface area contributed by atoms with Gasteiger partial charge >= 0.3 is 16.2 Å². The first-order valence-electron chi connectivity index (χ1n) is 11.5. The van der Waals surface area contributed by atoms with Gasteiger partial charge in [0.25, 0.3) is 0 Å². The number of amides is 3. The van der Waals surface area contributed by atoms with Crippen molar-refractivity contribution in [3.05, 3.63) is 84.4 Å². The number of hydrogen-bond acceptors (Lipinski definition) is 7. The summed E-state index contributed by atoms with van der Waals surface area (Å²) in [4.78, 5) is 27.5. The van der Waals surface area contributed by atoms with Gasteiger partial charge in [-0.25, -0.2) is 17.9 Å². The Morgan fingerprint density at radius 2 is 1.49 bits per heavy atom. The molecule has 0 aliphatic carbocycles. The van der Waals surface area contributed by atoms with Crippen molar-refractivity contribution in [1.29, 1.82) is 0 Å². The number of likely N-dealkylation sites (N-methyl/N-ethyl adjacent to an activating group) is 1. The topological polar surface area (TPSA) is 163 Å². The quantitative estimate of drug-likeness (QED) is 0.273. The van der Waals surface area contributed by atoms with Gasteiger partial charge in [-0.05, 0) is 48.0 Å². The van der Waals surface area contributed by atoms with E-state index in [2.05, 4.69) is 14.8 Å². The Hall–Kier alpha value is -4.30. The van der Waals surface area contributed by atoms with Crippen LogP contribution >= 0.6 is 0 Å². The Morgan fingerprint density at radius 3 is 2.08 bits per heavy atom. The van der Waals surface area contributed by atoms with Crippen molar-refractivity contribution in [3.8, 4) is 5.75 Å². The Morgan fingerprint density at radius 1 is 0.872 bits per heavy atom. The van der Waals surface area contributed by atoms with Crippen molar-refractivity contribution < 1.29 is 31.2 Å². The van der Waals surface area contributed by atoms with E-state index in [1.165, 1.54) is 43.3 Å². The summed E-state index contributed by atoms with van der Waals surface area (Å²) in [6, 6.07) is 18.9. The minimum Gasteiger partial charge on any atom is -0.497 e. The number of nitrogens with zero attached hydrogens (tertiary/aromatic N) is 1. The van der Waals surface area contributed by atoms with Crippen LogP contribution in [0.15, 0.2) is 78.9 Å². The first-order valence-corrected chi connectivity index (χ1v) is 14.9. The van der Waals surface area contributed by atoms with E-state index in [-0.39, 0.29) is 17.8 Å². The molecular formula is C25H29N5O7S2. The molecule has 0 spiro atoms. The van der Waals surface area contributed by atoms with Crippen LogP contribution in [0.1, 0.15) is 5.56 Å². The standard InChI is InChI=1S/C25H29N5O7S2/c1-30(21-12-14-22(37-2)15-13-21)24(31)23(16-18-8-5-4-6-9-18)26-25(32)29-39(35,36)28-20-11-7-10-19(17-20)27-38(3,33)34/h4-15,17,23,27-28H,16H2,1-3H3,(H2,26,29,32). The molecule has 208 valence electrons. The molecule has 12 nitrogen and oxygen atoms in total. The van der Waals surface area contributed by atoms with E-state index in [1.807, 2.05) is 10.8 Å². The zero-order valence-corrected chi connectivity index (χ0v) is 23.0. The molecule has 39 heavy (non-hydrogen) atoms. The minimum atomic E-state index is -4.45. The maximum atomic E-state index is 13.4. The van der Waals surface area contributed by atoms with Crippen molar-refractivity contribution in [1.82, 2.24) is 10.0 Å². The SMILES string of the molecule is COc1ccc(N(C)C(=O)C(Cc2ccccc2)NC(=O)NS(=O)(=O)Nc2cccc(NS(C)(=O)=O)c2)cc1. The van der Waals surface area contributed by atoms with Crippen LogP contribution in [0.3, 0.4) is 0 Å². The molecule has 0 saturated carbocycles. The molecule has 14 heteroatoms. The number of carbonyl (C=O) groups is 2. The number of nitrogens with one attached hydrogen (secondary N) is 4. The predicted molar refractivity (Wildman–Crippen MR) is 149 cm³/mol. The van der Waals surface area contributed by atoms with Gasteiger partial charge in [-0.15, -0.1) is 0 Å². The number of anilines is 3. The fourth-order valence-electron chi connectivity index (χ4n) is 3.57. The summed E-state index contributed by atoms with van der Waals surface area (Å²) in [5, 5.41) is 2.45. The normalized spacial score (nSPS) is 12.1. The van der Waals surface area contributed by atoms with Gasteiger partial charge in [-0.1, -0.05) is 36.4 Å². The molecular weight excluding hydrogens is 546 g/mol. The summed E-state index contributed by atoms with van der Waals surface area (Å²) in [6.45, 7) is 0. The monoisotopic (exact) mass is 575 g/mol. The van der Waals surface area contributed by atoms with E-state index < -0.39 is 38.2 Å². The molecule has 3 rings (SSSR count). The number of ether oxygens (including phenoxy) is 1. The Balaban J connectivity index is 1.74. The number of hydrogen-bond donors (Lipinski definition) is 4. The van der Waals surface area contributed by atoms with Gasteiger partial charge in [0.15, 0.2) is 0 Å². The van der Waals surface area contributed by atoms with Crippen LogP contribution in [-0.2, 0) is 31.4 Å². The Bertz CT molecular complexity index is 1510. The average Bonchev–Trinajstić information content (AvgIpc) is 2.86. The van der Waals surface area contributed by atoms with E-state index in [9.17, 15) is 26.4 Å². The van der Waals surface area contributed by atoms with Crippen LogP contribution in [0.5, 0.6) is 5.75 Å². The van der Waals surface area contributed by atoms with Crippen LogP contribution in [0.4, 0.5) is 21.9 Å². The zero-order valence-electron chi connectivity index (χ0n) is 21.4. The second-order valence-electron chi connectivity index (χ2n) is 8.47. The summed E-state index contributed by atoms with van der Waals surface area (Å²) in [5.74, 6) is 0.123. The fourth-order valence-corrected chi connectivity index (χ4v) is 4.91. The molecule has 0 heterocycles. The summed E-state index contributed by atoms with van der Waals surface area (Å²) >= 11 is 0. The average molecular weight is 576 g/mol. The molecule has 0 saturated heterocycles. The summed E-state index contributed by atoms with van der Waals surface area (Å²) < 4.78 is 59.4. The summed E-state index contributed by atoms with van der Waals surface area (Å²) in [6.07, 6.45) is 1.05. The molecule has 4 N–H and O–H groups in total. The van der Waals surface area contributed by atoms with Gasteiger partial charge in [0.05, 0.1) is 24.7 Å². The minimum absolute atomic E-state index is 0.0000935. The highest BCUT2D eigenvalue weighted by atomic mass is 32.2. The molecule has 1 unspecified atom stereocenters. The van der Waals surface area contributed by atoms with Gasteiger partial charge < -0.3 is 15.0 Å². The smallest absolute Gasteiger partial charge is 0.330 e. The van der Waals surface area contributed by atoms with Gasteiger partial charge in [0.2, 0.25) is 15.9 Å². The number of benzene rings is 3. The first-order chi connectivity index (χ1) is 18.3. The highest BCUT2D eigenvalue weighted by Crippen LogP contribution is 2.20. The molecule has 0 aliphatic heterocycles. The van der Waals surface area contributed by atoms with Crippen molar-refractivity contribution >= 4 is 49.2 Å². The van der Waals surface area contributed by atoms with Crippen molar-refractivity contribution in [3.63, 3.8) is 0 Å². The lowest BCUT2D eigenvalue weighted by molar-refractivity contribution is -0.120. The van der Waals surface area contributed by atoms with Crippen LogP contribution in [0, 0.1) is 0 Å². The molecule has 3 aromatic rings. The lowest BCUT2D eigenvalue weighted by Crippen LogP contribution is -2.53. The number of methoxy groups -OCH3 is 1. The third-order valence-electron chi connectivity index (χ3n) is 5.32. The first kappa shape index (κ1) is 29.3. The number of carbonyl (C=O) groups excluding carboxylic acids is 2. The van der Waals surface area contributed by atoms with E-state index in [0.717, 1.165) is 11.8 Å². The third-order valence-corrected chi connectivity index (χ3v) is 6.89. The molecule has 3 aromatic carbocycles. The van der Waals surface area contributed by atoms with E-state index >= 15 is 0 Å². The Kier molecular flexibility index (Phi) is 9.37. The maximum absolute atomic E-state index is 13.4. The number of rotatable bonds is 11. The molecule has 3 amide bonds. The zero-order chi connectivity index (χ0) is 28.6. The number of sulfonamides is 1. The third kappa shape index (κ3) is 9.19. The maximum Gasteiger partial charge on any atom is 0.330 e. The fraction of sp³-hybridized carbons (Fsp3) is 0.200. The highest BCUT2D eigenvalue weighted by molar-refractivity contribution is 7.92. The van der Waals surface area contributed by atoms with Gasteiger partial charge in [0.1, 0.15) is 11.8 Å². The lowest BCUT2D eigenvalue weighted by atomic mass is 10.0. The summed E-state index contributed by atoms with van der Waals surface area (Å²) in [7, 11) is -4.97. The predicted octanol–water partition coefficient (Wildman–Crippen LogP) is 2.30. The highest BCUT2D eigenvalue weighted by Gasteiger charge is 2.27. The van der Waals surface area contributed by atoms with Crippen LogP contribution in [0.2, 0.25) is 0 Å². The van der Waals surface area contributed by atoms with Crippen molar-refractivity contribution in [2.75, 3.05) is 34.8 Å². The molecule has 1 atom stereocenters. The molecule has 0 aromatic heterocycles. The number of urea groups is 1. The molecule has 0 bridgehead atoms. The van der Waals surface area contributed by atoms with Crippen LogP contribution in [0.25, 0.3) is 0 Å². The van der Waals surface area contributed by atoms with Crippen LogP contribution < -0.4 is 29.1 Å². The lowest BCUT2D eigenvalue weighted by Gasteiger charge is -2.25. The van der Waals surface area contributed by atoms with Crippen molar-refractivity contribution in [2.24, 2.45) is 0 Å². The summed E-state index contributed by atoms with van der Waals surface area (Å²) in [5.41, 5.74) is 1.41. The van der Waals surface area contributed by atoms with E-state index in [0.29, 0.717) is 11.4 Å². The molecule has 0 radical (unpaired) electrons. The van der Waals surface area contributed by atoms with Gasteiger partial charge in [-0.2, -0.15) is 8.42 Å². The van der Waals surface area contributed by atoms with E-state index in [4.69, 9.17) is 4.74 Å². The van der Waals surface area contributed by atoms with Crippen molar-refractivity contribution in [2.45, 2.75) is 12.5 Å². The second-order valence-corrected chi connectivity index (χ2v) is 11.6. The largest absolute Gasteiger partial charge is 0.497 e. The van der Waals surface area contributed by atoms with Gasteiger partial charge in [0, 0.05) is 19.2 Å². The molecule has 0 fully saturated rings. The van der Waals surface area contributed by atoms with E-state index in [1.54, 1.807) is 48.5 Å². The van der Waals surface area contributed by atoms with Gasteiger partial charge in [-0.3, -0.25) is 14.2 Å². The van der Waals surface area contributed by atoms with Crippen LogP contribution in [-0.4, -0.2) is 55.2 Å².